The lowest BCUT2D eigenvalue weighted by Gasteiger charge is -2.36. The van der Waals surface area contributed by atoms with Gasteiger partial charge in [-0.25, -0.2) is 0 Å². The molecule has 1 aliphatic rings. The molecule has 2 rings (SSSR count). The van der Waals surface area contributed by atoms with Gasteiger partial charge < -0.3 is 9.64 Å². The molecule has 0 atom stereocenters. The predicted molar refractivity (Wildman–Crippen MR) is 69.4 cm³/mol. The van der Waals surface area contributed by atoms with Crippen molar-refractivity contribution in [1.82, 2.24) is 4.90 Å². The molecule has 0 bridgehead atoms. The Labute approximate surface area is 106 Å². The van der Waals surface area contributed by atoms with Crippen LogP contribution in [-0.4, -0.2) is 37.6 Å². The number of hydrogen-bond acceptors (Lipinski definition) is 3. The molecular weight excluding hydrogens is 234 g/mol. The van der Waals surface area contributed by atoms with Gasteiger partial charge in [0.15, 0.2) is 0 Å². The van der Waals surface area contributed by atoms with E-state index in [9.17, 15) is 4.79 Å². The highest BCUT2D eigenvalue weighted by Gasteiger charge is 2.30. The first kappa shape index (κ1) is 12.6. The number of nitrogens with zero attached hydrogens (tertiary/aromatic N) is 1. The van der Waals surface area contributed by atoms with E-state index in [0.717, 1.165) is 38.2 Å². The van der Waals surface area contributed by atoms with Crippen LogP contribution in [0.25, 0.3) is 0 Å². The van der Waals surface area contributed by atoms with Crippen LogP contribution in [0.15, 0.2) is 16.8 Å². The summed E-state index contributed by atoms with van der Waals surface area (Å²) in [6.07, 6.45) is 2.07. The Bertz CT molecular complexity index is 369. The number of rotatable bonds is 3. The van der Waals surface area contributed by atoms with Crippen molar-refractivity contribution in [1.29, 1.82) is 0 Å². The van der Waals surface area contributed by atoms with Gasteiger partial charge in [-0.1, -0.05) is 6.92 Å². The lowest BCUT2D eigenvalue weighted by Crippen LogP contribution is -2.40. The lowest BCUT2D eigenvalue weighted by atomic mass is 9.82. The topological polar surface area (TPSA) is 29.5 Å². The van der Waals surface area contributed by atoms with Gasteiger partial charge in [-0.2, -0.15) is 11.3 Å². The summed E-state index contributed by atoms with van der Waals surface area (Å²) >= 11 is 1.56. The van der Waals surface area contributed by atoms with Crippen molar-refractivity contribution in [2.24, 2.45) is 5.41 Å². The third-order valence-electron chi connectivity index (χ3n) is 3.43. The van der Waals surface area contributed by atoms with Gasteiger partial charge in [0.05, 0.1) is 5.56 Å². The fourth-order valence-corrected chi connectivity index (χ4v) is 2.90. The van der Waals surface area contributed by atoms with Crippen molar-refractivity contribution in [3.63, 3.8) is 0 Å². The fraction of sp³-hybridized carbons (Fsp3) is 0.615. The van der Waals surface area contributed by atoms with Crippen LogP contribution >= 0.6 is 11.3 Å². The minimum absolute atomic E-state index is 0.124. The van der Waals surface area contributed by atoms with Gasteiger partial charge in [0, 0.05) is 32.2 Å². The molecule has 1 amide bonds. The van der Waals surface area contributed by atoms with Gasteiger partial charge >= 0.3 is 0 Å². The van der Waals surface area contributed by atoms with Gasteiger partial charge in [-0.15, -0.1) is 0 Å². The average molecular weight is 253 g/mol. The zero-order chi connectivity index (χ0) is 12.3. The number of amides is 1. The molecule has 1 fully saturated rings. The third kappa shape index (κ3) is 3.07. The van der Waals surface area contributed by atoms with Gasteiger partial charge in [0.2, 0.25) is 0 Å². The summed E-state index contributed by atoms with van der Waals surface area (Å²) in [7, 11) is 1.89. The summed E-state index contributed by atoms with van der Waals surface area (Å²) < 4.78 is 5.38. The molecule has 0 aliphatic carbocycles. The van der Waals surface area contributed by atoms with E-state index in [1.54, 1.807) is 11.3 Å². The molecule has 0 aromatic carbocycles. The maximum absolute atomic E-state index is 12.1. The molecular formula is C13H19NO2S. The van der Waals surface area contributed by atoms with Crippen molar-refractivity contribution >= 4 is 17.2 Å². The predicted octanol–water partition coefficient (Wildman–Crippen LogP) is 2.64. The number of hydrogen-bond donors (Lipinski definition) is 0. The molecule has 2 heterocycles. The van der Waals surface area contributed by atoms with Crippen LogP contribution in [0.5, 0.6) is 0 Å². The molecule has 94 valence electrons. The standard InChI is InChI=1S/C13H19NO2S/c1-13(4-6-16-7-5-13)10-14(2)12(15)11-3-8-17-9-11/h3,8-9H,4-7,10H2,1-2H3. The third-order valence-corrected chi connectivity index (χ3v) is 4.12. The van der Waals surface area contributed by atoms with E-state index < -0.39 is 0 Å². The molecule has 0 N–H and O–H groups in total. The summed E-state index contributed by atoms with van der Waals surface area (Å²) in [6.45, 7) is 4.69. The van der Waals surface area contributed by atoms with Crippen LogP contribution in [0.3, 0.4) is 0 Å². The highest BCUT2D eigenvalue weighted by Crippen LogP contribution is 2.30. The minimum Gasteiger partial charge on any atom is -0.381 e. The summed E-state index contributed by atoms with van der Waals surface area (Å²) in [6, 6.07) is 1.88. The Balaban J connectivity index is 1.96. The number of carbonyl (C=O) groups excluding carboxylic acids is 1. The first-order chi connectivity index (χ1) is 8.11. The summed E-state index contributed by atoms with van der Waals surface area (Å²) in [4.78, 5) is 14.0. The molecule has 0 saturated carbocycles. The smallest absolute Gasteiger partial charge is 0.254 e. The molecule has 1 aliphatic heterocycles. The highest BCUT2D eigenvalue weighted by atomic mass is 32.1. The van der Waals surface area contributed by atoms with E-state index in [1.165, 1.54) is 0 Å². The quantitative estimate of drug-likeness (QED) is 0.828. The van der Waals surface area contributed by atoms with Crippen molar-refractivity contribution < 1.29 is 9.53 Å². The fourth-order valence-electron chi connectivity index (χ4n) is 2.27. The summed E-state index contributed by atoms with van der Waals surface area (Å²) in [5.74, 6) is 0.124. The second-order valence-electron chi connectivity index (χ2n) is 5.10. The minimum atomic E-state index is 0.124. The zero-order valence-corrected chi connectivity index (χ0v) is 11.3. The Morgan fingerprint density at radius 2 is 2.24 bits per heavy atom. The monoisotopic (exact) mass is 253 g/mol. The lowest BCUT2D eigenvalue weighted by molar-refractivity contribution is 0.00918. The van der Waals surface area contributed by atoms with E-state index in [-0.39, 0.29) is 11.3 Å². The number of carbonyl (C=O) groups is 1. The summed E-state index contributed by atoms with van der Waals surface area (Å²) in [5.41, 5.74) is 1.01. The molecule has 3 nitrogen and oxygen atoms in total. The molecule has 1 saturated heterocycles. The van der Waals surface area contributed by atoms with E-state index in [0.29, 0.717) is 0 Å². The van der Waals surface area contributed by atoms with E-state index in [1.807, 2.05) is 28.8 Å². The van der Waals surface area contributed by atoms with Crippen molar-refractivity contribution in [3.05, 3.63) is 22.4 Å². The van der Waals surface area contributed by atoms with Gasteiger partial charge in [0.1, 0.15) is 0 Å². The number of thiophene rings is 1. The summed E-state index contributed by atoms with van der Waals surface area (Å²) in [5, 5.41) is 3.85. The van der Waals surface area contributed by atoms with E-state index >= 15 is 0 Å². The normalized spacial score (nSPS) is 18.9. The first-order valence-corrected chi connectivity index (χ1v) is 6.90. The Hall–Kier alpha value is -0.870. The number of ether oxygens (including phenoxy) is 1. The maximum Gasteiger partial charge on any atom is 0.254 e. The highest BCUT2D eigenvalue weighted by molar-refractivity contribution is 7.08. The zero-order valence-electron chi connectivity index (χ0n) is 10.4. The molecule has 1 aromatic rings. The van der Waals surface area contributed by atoms with Crippen LogP contribution in [0.2, 0.25) is 0 Å². The Morgan fingerprint density at radius 3 is 2.82 bits per heavy atom. The van der Waals surface area contributed by atoms with Crippen LogP contribution in [0, 0.1) is 5.41 Å². The van der Waals surface area contributed by atoms with Crippen LogP contribution in [0.1, 0.15) is 30.1 Å². The Morgan fingerprint density at radius 1 is 1.53 bits per heavy atom. The van der Waals surface area contributed by atoms with Crippen molar-refractivity contribution in [2.45, 2.75) is 19.8 Å². The van der Waals surface area contributed by atoms with Gasteiger partial charge in [-0.05, 0) is 29.7 Å². The van der Waals surface area contributed by atoms with Crippen molar-refractivity contribution in [2.75, 3.05) is 26.8 Å². The molecule has 0 spiro atoms. The van der Waals surface area contributed by atoms with Crippen LogP contribution in [0.4, 0.5) is 0 Å². The molecule has 0 unspecified atom stereocenters. The van der Waals surface area contributed by atoms with Gasteiger partial charge in [0.25, 0.3) is 5.91 Å². The average Bonchev–Trinajstić information content (AvgIpc) is 2.81. The molecule has 4 heteroatoms. The molecule has 17 heavy (non-hydrogen) atoms. The van der Waals surface area contributed by atoms with Gasteiger partial charge in [-0.3, -0.25) is 4.79 Å². The molecule has 1 aromatic heterocycles. The maximum atomic E-state index is 12.1. The van der Waals surface area contributed by atoms with Crippen LogP contribution < -0.4 is 0 Å². The SMILES string of the molecule is CN(CC1(C)CCOCC1)C(=O)c1ccsc1. The van der Waals surface area contributed by atoms with E-state index in [2.05, 4.69) is 6.92 Å². The molecule has 0 radical (unpaired) electrons. The largest absolute Gasteiger partial charge is 0.381 e. The van der Waals surface area contributed by atoms with E-state index in [4.69, 9.17) is 4.74 Å². The van der Waals surface area contributed by atoms with Crippen molar-refractivity contribution in [3.8, 4) is 0 Å². The Kier molecular flexibility index (Phi) is 3.84. The van der Waals surface area contributed by atoms with Crippen LogP contribution in [-0.2, 0) is 4.74 Å². The first-order valence-electron chi connectivity index (χ1n) is 5.96. The second-order valence-corrected chi connectivity index (χ2v) is 5.88. The second kappa shape index (κ2) is 5.19.